The van der Waals surface area contributed by atoms with Crippen molar-refractivity contribution in [1.29, 1.82) is 0 Å². The van der Waals surface area contributed by atoms with Crippen LogP contribution in [0.1, 0.15) is 22.6 Å². The van der Waals surface area contributed by atoms with Gasteiger partial charge >= 0.3 is 0 Å². The van der Waals surface area contributed by atoms with Crippen molar-refractivity contribution in [2.24, 2.45) is 5.92 Å². The molecule has 2 aromatic rings. The lowest BCUT2D eigenvalue weighted by Crippen LogP contribution is -2.35. The number of methoxy groups -OCH3 is 1. The van der Waals surface area contributed by atoms with E-state index in [1.165, 1.54) is 0 Å². The first kappa shape index (κ1) is 14.6. The second kappa shape index (κ2) is 6.22. The highest BCUT2D eigenvalue weighted by molar-refractivity contribution is 5.96. The summed E-state index contributed by atoms with van der Waals surface area (Å²) in [7, 11) is 3.45. The van der Waals surface area contributed by atoms with E-state index in [0.29, 0.717) is 17.2 Å². The maximum atomic E-state index is 12.6. The van der Waals surface area contributed by atoms with Gasteiger partial charge in [0.05, 0.1) is 12.7 Å². The normalized spacial score (nSPS) is 16.9. The molecule has 0 radical (unpaired) electrons. The van der Waals surface area contributed by atoms with Crippen LogP contribution < -0.4 is 4.74 Å². The number of hydrogen-bond acceptors (Lipinski definition) is 3. The fourth-order valence-electron chi connectivity index (χ4n) is 3.08. The van der Waals surface area contributed by atoms with Crippen LogP contribution in [0.25, 0.3) is 0 Å². The zero-order valence-corrected chi connectivity index (χ0v) is 13.0. The second-order valence-corrected chi connectivity index (χ2v) is 5.79. The van der Waals surface area contributed by atoms with E-state index >= 15 is 0 Å². The van der Waals surface area contributed by atoms with Crippen molar-refractivity contribution in [3.63, 3.8) is 0 Å². The van der Waals surface area contributed by atoms with Crippen LogP contribution in [0.15, 0.2) is 36.7 Å². The number of hydrogen-bond donors (Lipinski definition) is 0. The van der Waals surface area contributed by atoms with E-state index in [9.17, 15) is 4.79 Å². The number of aromatic nitrogens is 2. The van der Waals surface area contributed by atoms with Gasteiger partial charge in [0.15, 0.2) is 0 Å². The lowest BCUT2D eigenvalue weighted by atomic mass is 9.98. The Balaban J connectivity index is 1.67. The molecule has 1 aromatic heterocycles. The second-order valence-electron chi connectivity index (χ2n) is 5.79. The van der Waals surface area contributed by atoms with Crippen LogP contribution in [-0.4, -0.2) is 41.1 Å². The first-order valence-corrected chi connectivity index (χ1v) is 7.57. The van der Waals surface area contributed by atoms with E-state index in [-0.39, 0.29) is 5.91 Å². The van der Waals surface area contributed by atoms with Crippen molar-refractivity contribution in [2.75, 3.05) is 20.7 Å². The topological polar surface area (TPSA) is 47.4 Å². The number of para-hydroxylation sites is 1. The van der Waals surface area contributed by atoms with Crippen LogP contribution in [0.5, 0.6) is 5.75 Å². The number of benzene rings is 1. The molecular weight excluding hydrogens is 278 g/mol. The Hall–Kier alpha value is -2.30. The number of nitrogens with zero attached hydrogens (tertiary/aromatic N) is 3. The van der Waals surface area contributed by atoms with Gasteiger partial charge in [0.2, 0.25) is 0 Å². The van der Waals surface area contributed by atoms with Crippen molar-refractivity contribution in [1.82, 2.24) is 14.5 Å². The quantitative estimate of drug-likeness (QED) is 0.870. The first-order valence-electron chi connectivity index (χ1n) is 7.57. The highest BCUT2D eigenvalue weighted by Gasteiger charge is 2.23. The number of fused-ring (bicyclic) bond motifs is 1. The minimum Gasteiger partial charge on any atom is -0.496 e. The minimum atomic E-state index is 0.00822. The maximum Gasteiger partial charge on any atom is 0.257 e. The molecule has 1 atom stereocenters. The number of imidazole rings is 1. The van der Waals surface area contributed by atoms with Crippen molar-refractivity contribution in [3.05, 3.63) is 48.0 Å². The van der Waals surface area contributed by atoms with E-state index in [2.05, 4.69) is 9.55 Å². The third-order valence-electron chi connectivity index (χ3n) is 4.25. The molecule has 3 rings (SSSR count). The lowest BCUT2D eigenvalue weighted by molar-refractivity contribution is 0.0757. The van der Waals surface area contributed by atoms with Crippen LogP contribution in [0.4, 0.5) is 0 Å². The largest absolute Gasteiger partial charge is 0.496 e. The van der Waals surface area contributed by atoms with Gasteiger partial charge in [0.25, 0.3) is 5.91 Å². The smallest absolute Gasteiger partial charge is 0.257 e. The molecule has 0 bridgehead atoms. The molecule has 0 spiro atoms. The van der Waals surface area contributed by atoms with Crippen LogP contribution in [0, 0.1) is 5.92 Å². The summed E-state index contributed by atoms with van der Waals surface area (Å²) >= 11 is 0. The summed E-state index contributed by atoms with van der Waals surface area (Å²) in [6.45, 7) is 1.67. The van der Waals surface area contributed by atoms with Gasteiger partial charge in [-0.15, -0.1) is 0 Å². The zero-order chi connectivity index (χ0) is 15.5. The Morgan fingerprint density at radius 3 is 3.09 bits per heavy atom. The Labute approximate surface area is 130 Å². The van der Waals surface area contributed by atoms with Gasteiger partial charge in [-0.05, 0) is 24.5 Å². The average Bonchev–Trinajstić information content (AvgIpc) is 3.01. The standard InChI is InChI=1S/C17H21N3O2/c1-19(17(21)14-5-3-4-6-15(14)22-2)11-13-7-8-16-18-9-10-20(16)12-13/h3-6,9-10,13H,7-8,11-12H2,1-2H3/t13-/m0/s1. The molecule has 1 aromatic carbocycles. The molecule has 0 saturated carbocycles. The number of ether oxygens (including phenoxy) is 1. The van der Waals surface area contributed by atoms with Gasteiger partial charge in [-0.1, -0.05) is 12.1 Å². The molecule has 116 valence electrons. The van der Waals surface area contributed by atoms with Crippen molar-refractivity contribution >= 4 is 5.91 Å². The molecule has 1 aliphatic rings. The number of amides is 1. The summed E-state index contributed by atoms with van der Waals surface area (Å²) < 4.78 is 7.47. The Morgan fingerprint density at radius 2 is 2.27 bits per heavy atom. The molecule has 1 aliphatic heterocycles. The molecule has 0 aliphatic carbocycles. The van der Waals surface area contributed by atoms with E-state index in [0.717, 1.165) is 31.8 Å². The summed E-state index contributed by atoms with van der Waals surface area (Å²) in [5.41, 5.74) is 0.617. The number of carbonyl (C=O) groups excluding carboxylic acids is 1. The molecule has 5 nitrogen and oxygen atoms in total. The Morgan fingerprint density at radius 1 is 1.45 bits per heavy atom. The van der Waals surface area contributed by atoms with Gasteiger partial charge in [-0.2, -0.15) is 0 Å². The third-order valence-corrected chi connectivity index (χ3v) is 4.25. The summed E-state index contributed by atoms with van der Waals surface area (Å²) in [5, 5.41) is 0. The molecular formula is C17H21N3O2. The van der Waals surface area contributed by atoms with E-state index in [4.69, 9.17) is 4.74 Å². The van der Waals surface area contributed by atoms with Crippen molar-refractivity contribution in [3.8, 4) is 5.75 Å². The van der Waals surface area contributed by atoms with E-state index in [1.54, 1.807) is 12.0 Å². The average molecular weight is 299 g/mol. The predicted octanol–water partition coefficient (Wildman–Crippen LogP) is 2.23. The van der Waals surface area contributed by atoms with Crippen LogP contribution in [0.3, 0.4) is 0 Å². The third kappa shape index (κ3) is 2.84. The minimum absolute atomic E-state index is 0.00822. The lowest BCUT2D eigenvalue weighted by Gasteiger charge is -2.28. The van der Waals surface area contributed by atoms with Gasteiger partial charge < -0.3 is 14.2 Å². The zero-order valence-electron chi connectivity index (χ0n) is 13.0. The van der Waals surface area contributed by atoms with Crippen LogP contribution in [0.2, 0.25) is 0 Å². The van der Waals surface area contributed by atoms with Gasteiger partial charge in [0.1, 0.15) is 11.6 Å². The summed E-state index contributed by atoms with van der Waals surface area (Å²) in [5.74, 6) is 2.24. The van der Waals surface area contributed by atoms with Crippen molar-refractivity contribution < 1.29 is 9.53 Å². The SMILES string of the molecule is COc1ccccc1C(=O)N(C)C[C@@H]1CCc2nccn2C1. The van der Waals surface area contributed by atoms with Gasteiger partial charge in [-0.25, -0.2) is 4.98 Å². The molecule has 0 unspecified atom stereocenters. The van der Waals surface area contributed by atoms with E-state index < -0.39 is 0 Å². The first-order chi connectivity index (χ1) is 10.7. The van der Waals surface area contributed by atoms with Gasteiger partial charge in [0, 0.05) is 39.0 Å². The summed E-state index contributed by atoms with van der Waals surface area (Å²) in [6.07, 6.45) is 5.92. The van der Waals surface area contributed by atoms with Gasteiger partial charge in [-0.3, -0.25) is 4.79 Å². The summed E-state index contributed by atoms with van der Waals surface area (Å²) in [6, 6.07) is 7.37. The molecule has 5 heteroatoms. The molecule has 0 N–H and O–H groups in total. The predicted molar refractivity (Wildman–Crippen MR) is 84.0 cm³/mol. The highest BCUT2D eigenvalue weighted by Crippen LogP contribution is 2.22. The maximum absolute atomic E-state index is 12.6. The molecule has 1 amide bonds. The summed E-state index contributed by atoms with van der Waals surface area (Å²) in [4.78, 5) is 18.8. The van der Waals surface area contributed by atoms with Crippen LogP contribution >= 0.6 is 0 Å². The monoisotopic (exact) mass is 299 g/mol. The Kier molecular flexibility index (Phi) is 4.13. The fraction of sp³-hybridized carbons (Fsp3) is 0.412. The molecule has 0 saturated heterocycles. The Bertz CT molecular complexity index is 665. The van der Waals surface area contributed by atoms with Crippen LogP contribution in [-0.2, 0) is 13.0 Å². The number of rotatable bonds is 4. The fourth-order valence-corrected chi connectivity index (χ4v) is 3.08. The molecule has 2 heterocycles. The van der Waals surface area contributed by atoms with E-state index in [1.807, 2.05) is 43.7 Å². The number of aryl methyl sites for hydroxylation is 1. The molecule has 0 fully saturated rings. The number of carbonyl (C=O) groups is 1. The molecule has 22 heavy (non-hydrogen) atoms. The van der Waals surface area contributed by atoms with Crippen molar-refractivity contribution in [2.45, 2.75) is 19.4 Å². The highest BCUT2D eigenvalue weighted by atomic mass is 16.5.